The number of esters is 1. The molecule has 0 aliphatic carbocycles. The van der Waals surface area contributed by atoms with Gasteiger partial charge in [0, 0.05) is 26.1 Å². The molecule has 1 rings (SSSR count). The summed E-state index contributed by atoms with van der Waals surface area (Å²) in [4.78, 5) is 27.5. The summed E-state index contributed by atoms with van der Waals surface area (Å²) in [6.45, 7) is 8.66. The Kier molecular flexibility index (Phi) is 11.8. The maximum atomic E-state index is 11.9. The fourth-order valence-electron chi connectivity index (χ4n) is 2.29. The zero-order valence-corrected chi connectivity index (χ0v) is 15.1. The molecule has 22 heavy (non-hydrogen) atoms. The highest BCUT2D eigenvalue weighted by Gasteiger charge is 2.34. The van der Waals surface area contributed by atoms with Crippen molar-refractivity contribution in [3.8, 4) is 0 Å². The average Bonchev–Trinajstić information content (AvgIpc) is 2.88. The van der Waals surface area contributed by atoms with Crippen LogP contribution in [-0.2, 0) is 14.3 Å². The zero-order chi connectivity index (χ0) is 17.0. The second-order valence-corrected chi connectivity index (χ2v) is 5.77. The third-order valence-corrected chi connectivity index (χ3v) is 3.61. The number of nitrogens with zero attached hydrogens (tertiary/aromatic N) is 2. The van der Waals surface area contributed by atoms with Crippen LogP contribution in [0.25, 0.3) is 0 Å². The lowest BCUT2D eigenvalue weighted by Crippen LogP contribution is -2.33. The monoisotopic (exact) mass is 314 g/mol. The quantitative estimate of drug-likeness (QED) is 0.485. The van der Waals surface area contributed by atoms with E-state index in [4.69, 9.17) is 4.74 Å². The standard InChI is InChI=1S/C15H28N2O3.C2H6/c1-4-5-6-7-10-20-15(19)13-11-14(18)17(12-13)9-8-16(2)3;1-2/h13H,4-12H2,1-3H3;1-2H3. The molecule has 1 amide bonds. The van der Waals surface area contributed by atoms with Crippen LogP contribution < -0.4 is 0 Å². The van der Waals surface area contributed by atoms with Crippen LogP contribution in [0.4, 0.5) is 0 Å². The number of unbranched alkanes of at least 4 members (excludes halogenated alkanes) is 3. The number of likely N-dealkylation sites (N-methyl/N-ethyl adjacent to an activating group) is 1. The SMILES string of the molecule is CC.CCCCCCOC(=O)C1CC(=O)N(CCN(C)C)C1. The largest absolute Gasteiger partial charge is 0.465 e. The van der Waals surface area contributed by atoms with Crippen molar-refractivity contribution in [2.24, 2.45) is 5.92 Å². The molecule has 0 aromatic rings. The van der Waals surface area contributed by atoms with E-state index in [-0.39, 0.29) is 17.8 Å². The van der Waals surface area contributed by atoms with Gasteiger partial charge in [-0.3, -0.25) is 9.59 Å². The lowest BCUT2D eigenvalue weighted by molar-refractivity contribution is -0.148. The lowest BCUT2D eigenvalue weighted by Gasteiger charge is -2.19. The van der Waals surface area contributed by atoms with E-state index in [1.54, 1.807) is 4.90 Å². The van der Waals surface area contributed by atoms with Crippen molar-refractivity contribution in [1.29, 1.82) is 0 Å². The van der Waals surface area contributed by atoms with Gasteiger partial charge in [0.15, 0.2) is 0 Å². The van der Waals surface area contributed by atoms with Crippen molar-refractivity contribution in [2.45, 2.75) is 52.9 Å². The van der Waals surface area contributed by atoms with E-state index in [9.17, 15) is 9.59 Å². The van der Waals surface area contributed by atoms with Gasteiger partial charge < -0.3 is 14.5 Å². The van der Waals surface area contributed by atoms with Gasteiger partial charge in [0.25, 0.3) is 0 Å². The fourth-order valence-corrected chi connectivity index (χ4v) is 2.29. The van der Waals surface area contributed by atoms with E-state index < -0.39 is 0 Å². The van der Waals surface area contributed by atoms with Crippen molar-refractivity contribution in [3.05, 3.63) is 0 Å². The first-order valence-electron chi connectivity index (χ1n) is 8.63. The van der Waals surface area contributed by atoms with Gasteiger partial charge in [-0.05, 0) is 20.5 Å². The van der Waals surface area contributed by atoms with Gasteiger partial charge in [-0.15, -0.1) is 0 Å². The predicted molar refractivity (Wildman–Crippen MR) is 89.7 cm³/mol. The maximum absolute atomic E-state index is 11.9. The number of hydrogen-bond donors (Lipinski definition) is 0. The van der Waals surface area contributed by atoms with Gasteiger partial charge in [0.05, 0.1) is 12.5 Å². The smallest absolute Gasteiger partial charge is 0.311 e. The molecule has 1 unspecified atom stereocenters. The summed E-state index contributed by atoms with van der Waals surface area (Å²) in [6.07, 6.45) is 4.68. The lowest BCUT2D eigenvalue weighted by atomic mass is 10.1. The van der Waals surface area contributed by atoms with Crippen molar-refractivity contribution in [2.75, 3.05) is 40.3 Å². The zero-order valence-electron chi connectivity index (χ0n) is 15.1. The highest BCUT2D eigenvalue weighted by Crippen LogP contribution is 2.19. The van der Waals surface area contributed by atoms with Gasteiger partial charge >= 0.3 is 5.97 Å². The molecule has 0 aromatic carbocycles. The van der Waals surface area contributed by atoms with E-state index in [1.165, 1.54) is 12.8 Å². The third kappa shape index (κ3) is 8.37. The van der Waals surface area contributed by atoms with Crippen molar-refractivity contribution in [3.63, 3.8) is 0 Å². The Balaban J connectivity index is 0.00000211. The van der Waals surface area contributed by atoms with Crippen LogP contribution >= 0.6 is 0 Å². The number of carbonyl (C=O) groups is 2. The topological polar surface area (TPSA) is 49.9 Å². The number of amides is 1. The first kappa shape index (κ1) is 20.9. The average molecular weight is 314 g/mol. The molecule has 0 N–H and O–H groups in total. The van der Waals surface area contributed by atoms with Crippen LogP contribution in [0, 0.1) is 5.92 Å². The molecule has 1 fully saturated rings. The van der Waals surface area contributed by atoms with E-state index in [0.717, 1.165) is 19.4 Å². The Bertz CT molecular complexity index is 319. The molecule has 1 atom stereocenters. The van der Waals surface area contributed by atoms with Crippen LogP contribution in [0.2, 0.25) is 0 Å². The van der Waals surface area contributed by atoms with Crippen molar-refractivity contribution < 1.29 is 14.3 Å². The van der Waals surface area contributed by atoms with Crippen LogP contribution in [-0.4, -0.2) is 62.0 Å². The number of hydrogen-bond acceptors (Lipinski definition) is 4. The number of likely N-dealkylation sites (tertiary alicyclic amines) is 1. The summed E-state index contributed by atoms with van der Waals surface area (Å²) in [6, 6.07) is 0. The summed E-state index contributed by atoms with van der Waals surface area (Å²) in [5.41, 5.74) is 0. The third-order valence-electron chi connectivity index (χ3n) is 3.61. The van der Waals surface area contributed by atoms with Crippen molar-refractivity contribution in [1.82, 2.24) is 9.80 Å². The van der Waals surface area contributed by atoms with Crippen LogP contribution in [0.5, 0.6) is 0 Å². The second kappa shape index (κ2) is 12.4. The molecule has 1 aliphatic rings. The molecular weight excluding hydrogens is 280 g/mol. The van der Waals surface area contributed by atoms with E-state index in [1.807, 2.05) is 32.8 Å². The number of ether oxygens (including phenoxy) is 1. The fraction of sp³-hybridized carbons (Fsp3) is 0.882. The molecule has 130 valence electrons. The van der Waals surface area contributed by atoms with E-state index >= 15 is 0 Å². The number of rotatable bonds is 9. The molecule has 0 bridgehead atoms. The summed E-state index contributed by atoms with van der Waals surface area (Å²) in [5.74, 6) is -0.405. The van der Waals surface area contributed by atoms with Gasteiger partial charge in [0.2, 0.25) is 5.91 Å². The molecule has 0 radical (unpaired) electrons. The molecule has 5 heteroatoms. The van der Waals surface area contributed by atoms with Crippen LogP contribution in [0.1, 0.15) is 52.9 Å². The highest BCUT2D eigenvalue weighted by molar-refractivity contribution is 5.86. The molecular formula is C17H34N2O3. The highest BCUT2D eigenvalue weighted by atomic mass is 16.5. The number of carbonyl (C=O) groups excluding carboxylic acids is 2. The Hall–Kier alpha value is -1.10. The first-order valence-corrected chi connectivity index (χ1v) is 8.63. The summed E-state index contributed by atoms with van der Waals surface area (Å²) < 4.78 is 5.27. The summed E-state index contributed by atoms with van der Waals surface area (Å²) in [7, 11) is 3.95. The summed E-state index contributed by atoms with van der Waals surface area (Å²) in [5, 5.41) is 0. The molecule has 1 saturated heterocycles. The minimum absolute atomic E-state index is 0.0692. The molecule has 0 aromatic heterocycles. The van der Waals surface area contributed by atoms with Gasteiger partial charge in [-0.25, -0.2) is 0 Å². The Morgan fingerprint density at radius 2 is 1.95 bits per heavy atom. The van der Waals surface area contributed by atoms with E-state index in [2.05, 4.69) is 6.92 Å². The molecule has 1 heterocycles. The van der Waals surface area contributed by atoms with Crippen LogP contribution in [0.15, 0.2) is 0 Å². The molecule has 0 spiro atoms. The second-order valence-electron chi connectivity index (χ2n) is 5.77. The van der Waals surface area contributed by atoms with E-state index in [0.29, 0.717) is 26.1 Å². The Morgan fingerprint density at radius 3 is 2.55 bits per heavy atom. The van der Waals surface area contributed by atoms with Crippen LogP contribution in [0.3, 0.4) is 0 Å². The van der Waals surface area contributed by atoms with Gasteiger partial charge in [0.1, 0.15) is 0 Å². The minimum Gasteiger partial charge on any atom is -0.465 e. The summed E-state index contributed by atoms with van der Waals surface area (Å²) >= 11 is 0. The Labute approximate surface area is 136 Å². The van der Waals surface area contributed by atoms with Gasteiger partial charge in [-0.1, -0.05) is 40.0 Å². The Morgan fingerprint density at radius 1 is 1.27 bits per heavy atom. The molecule has 5 nitrogen and oxygen atoms in total. The van der Waals surface area contributed by atoms with Crippen molar-refractivity contribution >= 4 is 11.9 Å². The maximum Gasteiger partial charge on any atom is 0.311 e. The molecule has 1 aliphatic heterocycles. The first-order chi connectivity index (χ1) is 10.5. The normalized spacial score (nSPS) is 17.5. The predicted octanol–water partition coefficient (Wildman–Crippen LogP) is 2.55. The minimum atomic E-state index is -0.268. The molecule has 0 saturated carbocycles. The van der Waals surface area contributed by atoms with Gasteiger partial charge in [-0.2, -0.15) is 0 Å².